The van der Waals surface area contributed by atoms with Gasteiger partial charge in [0.2, 0.25) is 5.89 Å². The molecular weight excluding hydrogens is 731 g/mol. The van der Waals surface area contributed by atoms with E-state index in [9.17, 15) is 0 Å². The summed E-state index contributed by atoms with van der Waals surface area (Å²) in [4.78, 5) is 7.36. The molecule has 11 aromatic rings. The highest BCUT2D eigenvalue weighted by atomic mass is 16.3. The first-order valence-electron chi connectivity index (χ1n) is 20.6. The Balaban J connectivity index is 1.05. The lowest BCUT2D eigenvalue weighted by molar-refractivity contribution is 0.620. The van der Waals surface area contributed by atoms with Crippen LogP contribution in [0.1, 0.15) is 25.0 Å². The molecule has 284 valence electrons. The number of hydrogen-bond acceptors (Lipinski definition) is 3. The lowest BCUT2D eigenvalue weighted by Gasteiger charge is -2.29. The molecule has 4 heteroatoms. The maximum absolute atomic E-state index is 6.72. The standard InChI is InChI=1S/C56H39N3O/c1-56(2)45-22-12-11-21-43(45)53-46(56)23-13-25-49(53)59(51-26-14-24-47-54(51)60-55(57-47)38-16-5-3-6-17-38)41-31-27-36(28-32-41)39-30-33-48-44(35-39)52-42-20-10-9-15-37(42)29-34-50(52)58(48)40-18-7-4-8-19-40/h3-35H,1-2H3. The fraction of sp³-hybridized carbons (Fsp3) is 0.0536. The SMILES string of the molecule is CC1(C)c2ccccc2-c2c(N(c3ccc(-c4ccc5c(c4)c4c6ccccc6ccc4n5-c4ccccc4)cc3)c3cccc4nc(-c5ccccc5)oc34)cccc21. The Hall–Kier alpha value is -7.69. The second-order valence-electron chi connectivity index (χ2n) is 16.3. The zero-order valence-corrected chi connectivity index (χ0v) is 33.3. The summed E-state index contributed by atoms with van der Waals surface area (Å²) in [7, 11) is 0. The summed E-state index contributed by atoms with van der Waals surface area (Å²) in [6.07, 6.45) is 0. The van der Waals surface area contributed by atoms with Crippen LogP contribution in [0.4, 0.5) is 17.1 Å². The molecule has 4 nitrogen and oxygen atoms in total. The van der Waals surface area contributed by atoms with Crippen LogP contribution < -0.4 is 4.90 Å². The number of para-hydroxylation sites is 2. The van der Waals surface area contributed by atoms with Crippen molar-refractivity contribution in [2.24, 2.45) is 0 Å². The van der Waals surface area contributed by atoms with Crippen LogP contribution >= 0.6 is 0 Å². The van der Waals surface area contributed by atoms with Crippen molar-refractivity contribution in [3.8, 4) is 39.4 Å². The lowest BCUT2D eigenvalue weighted by atomic mass is 9.82. The van der Waals surface area contributed by atoms with Crippen molar-refractivity contribution in [1.82, 2.24) is 9.55 Å². The fourth-order valence-electron chi connectivity index (χ4n) is 9.77. The number of fused-ring (bicyclic) bond motifs is 9. The molecule has 0 atom stereocenters. The van der Waals surface area contributed by atoms with Crippen LogP contribution in [0.15, 0.2) is 205 Å². The van der Waals surface area contributed by atoms with Gasteiger partial charge >= 0.3 is 0 Å². The van der Waals surface area contributed by atoms with E-state index in [1.54, 1.807) is 0 Å². The Morgan fingerprint density at radius 2 is 1.20 bits per heavy atom. The Labute approximate surface area is 348 Å². The van der Waals surface area contributed by atoms with Gasteiger partial charge in [-0.05, 0) is 111 Å². The second-order valence-corrected chi connectivity index (χ2v) is 16.3. The minimum absolute atomic E-state index is 0.149. The Kier molecular flexibility index (Phi) is 7.54. The molecule has 0 bridgehead atoms. The number of nitrogens with zero attached hydrogens (tertiary/aromatic N) is 3. The van der Waals surface area contributed by atoms with E-state index in [2.05, 4.69) is 187 Å². The zero-order valence-electron chi connectivity index (χ0n) is 33.3. The number of benzene rings is 9. The Bertz CT molecular complexity index is 3450. The first-order chi connectivity index (χ1) is 29.5. The summed E-state index contributed by atoms with van der Waals surface area (Å²) in [5, 5.41) is 5.01. The second kappa shape index (κ2) is 13.2. The van der Waals surface area contributed by atoms with Crippen molar-refractivity contribution in [1.29, 1.82) is 0 Å². The third kappa shape index (κ3) is 5.14. The van der Waals surface area contributed by atoms with Crippen molar-refractivity contribution in [3.63, 3.8) is 0 Å². The number of rotatable bonds is 6. The van der Waals surface area contributed by atoms with Crippen LogP contribution in [-0.4, -0.2) is 9.55 Å². The summed E-state index contributed by atoms with van der Waals surface area (Å²) < 4.78 is 9.11. The highest BCUT2D eigenvalue weighted by Crippen LogP contribution is 2.55. The summed E-state index contributed by atoms with van der Waals surface area (Å²) in [6, 6.07) is 71.9. The van der Waals surface area contributed by atoms with Gasteiger partial charge in [-0.1, -0.05) is 141 Å². The minimum Gasteiger partial charge on any atom is -0.434 e. The van der Waals surface area contributed by atoms with Crippen LogP contribution in [-0.2, 0) is 5.41 Å². The lowest BCUT2D eigenvalue weighted by Crippen LogP contribution is -2.16. The highest BCUT2D eigenvalue weighted by molar-refractivity contribution is 6.22. The average Bonchev–Trinajstić information content (AvgIpc) is 3.97. The first kappa shape index (κ1) is 34.4. The van der Waals surface area contributed by atoms with Gasteiger partial charge in [0.25, 0.3) is 0 Å². The molecule has 9 aromatic carbocycles. The first-order valence-corrected chi connectivity index (χ1v) is 20.6. The number of aromatic nitrogens is 2. The molecule has 0 radical (unpaired) electrons. The molecule has 1 aliphatic carbocycles. The quantitative estimate of drug-likeness (QED) is 0.169. The number of anilines is 3. The summed E-state index contributed by atoms with van der Waals surface area (Å²) in [5.41, 5.74) is 16.5. The molecule has 1 aliphatic rings. The molecule has 60 heavy (non-hydrogen) atoms. The van der Waals surface area contributed by atoms with Crippen LogP contribution in [0.5, 0.6) is 0 Å². The van der Waals surface area contributed by atoms with Gasteiger partial charge in [0.05, 0.1) is 22.4 Å². The van der Waals surface area contributed by atoms with Gasteiger partial charge in [-0.15, -0.1) is 0 Å². The van der Waals surface area contributed by atoms with Crippen LogP contribution in [0.3, 0.4) is 0 Å². The summed E-state index contributed by atoms with van der Waals surface area (Å²) in [5.74, 6) is 0.606. The third-order valence-electron chi connectivity index (χ3n) is 12.6. The largest absolute Gasteiger partial charge is 0.434 e. The molecule has 0 amide bonds. The van der Waals surface area contributed by atoms with E-state index in [-0.39, 0.29) is 5.41 Å². The Morgan fingerprint density at radius 1 is 0.517 bits per heavy atom. The maximum Gasteiger partial charge on any atom is 0.227 e. The molecule has 2 aromatic heterocycles. The van der Waals surface area contributed by atoms with Crippen LogP contribution in [0.2, 0.25) is 0 Å². The van der Waals surface area contributed by atoms with Gasteiger partial charge in [-0.2, -0.15) is 0 Å². The van der Waals surface area contributed by atoms with E-state index < -0.39 is 0 Å². The van der Waals surface area contributed by atoms with Gasteiger partial charge in [0.1, 0.15) is 5.52 Å². The smallest absolute Gasteiger partial charge is 0.227 e. The topological polar surface area (TPSA) is 34.2 Å². The normalized spacial score (nSPS) is 13.0. The molecule has 0 saturated carbocycles. The molecule has 2 heterocycles. The van der Waals surface area contributed by atoms with Crippen molar-refractivity contribution < 1.29 is 4.42 Å². The molecule has 0 unspecified atom stereocenters. The predicted molar refractivity (Wildman–Crippen MR) is 249 cm³/mol. The van der Waals surface area contributed by atoms with Crippen LogP contribution in [0, 0.1) is 0 Å². The van der Waals surface area contributed by atoms with Crippen molar-refractivity contribution >= 4 is 60.7 Å². The number of hydrogen-bond donors (Lipinski definition) is 0. The van der Waals surface area contributed by atoms with E-state index in [0.29, 0.717) is 5.89 Å². The summed E-state index contributed by atoms with van der Waals surface area (Å²) >= 11 is 0. The van der Waals surface area contributed by atoms with E-state index in [1.165, 1.54) is 60.4 Å². The fourth-order valence-corrected chi connectivity index (χ4v) is 9.77. The zero-order chi connectivity index (χ0) is 40.0. The molecule has 12 rings (SSSR count). The molecule has 0 saturated heterocycles. The molecule has 0 aliphatic heterocycles. The van der Waals surface area contributed by atoms with Gasteiger partial charge in [-0.25, -0.2) is 4.98 Å². The van der Waals surface area contributed by atoms with Gasteiger partial charge in [0, 0.05) is 38.7 Å². The third-order valence-corrected chi connectivity index (χ3v) is 12.6. The minimum atomic E-state index is -0.149. The van der Waals surface area contributed by atoms with Gasteiger partial charge in [0.15, 0.2) is 5.58 Å². The molecule has 0 fully saturated rings. The predicted octanol–water partition coefficient (Wildman–Crippen LogP) is 15.2. The van der Waals surface area contributed by atoms with Crippen LogP contribution in [0.25, 0.3) is 83.1 Å². The summed E-state index contributed by atoms with van der Waals surface area (Å²) in [6.45, 7) is 4.67. The number of oxazole rings is 1. The Morgan fingerprint density at radius 3 is 2.05 bits per heavy atom. The van der Waals surface area contributed by atoms with Crippen molar-refractivity contribution in [2.75, 3.05) is 4.90 Å². The highest BCUT2D eigenvalue weighted by Gasteiger charge is 2.38. The van der Waals surface area contributed by atoms with E-state index >= 15 is 0 Å². The molecular formula is C56H39N3O. The maximum atomic E-state index is 6.72. The average molecular weight is 770 g/mol. The molecule has 0 N–H and O–H groups in total. The van der Waals surface area contributed by atoms with E-state index in [4.69, 9.17) is 9.40 Å². The monoisotopic (exact) mass is 769 g/mol. The van der Waals surface area contributed by atoms with Crippen molar-refractivity contribution in [2.45, 2.75) is 19.3 Å². The van der Waals surface area contributed by atoms with Crippen molar-refractivity contribution in [3.05, 3.63) is 211 Å². The van der Waals surface area contributed by atoms with Gasteiger partial charge in [-0.3, -0.25) is 0 Å². The van der Waals surface area contributed by atoms with E-state index in [0.717, 1.165) is 45.0 Å². The molecule has 0 spiro atoms. The van der Waals surface area contributed by atoms with E-state index in [1.807, 2.05) is 36.4 Å². The van der Waals surface area contributed by atoms with Gasteiger partial charge < -0.3 is 13.9 Å².